The number of thioether (sulfide) groups is 1. The van der Waals surface area contributed by atoms with Gasteiger partial charge in [0.15, 0.2) is 11.5 Å². The molecule has 0 saturated carbocycles. The second kappa shape index (κ2) is 9.26. The molecular formula is C23H24N2O5S. The van der Waals surface area contributed by atoms with Crippen molar-refractivity contribution in [1.82, 2.24) is 4.90 Å². The number of nitrogens with zero attached hydrogens (tertiary/aromatic N) is 1. The summed E-state index contributed by atoms with van der Waals surface area (Å²) in [6.45, 7) is 5.37. The molecule has 1 heterocycles. The van der Waals surface area contributed by atoms with E-state index in [0.29, 0.717) is 17.2 Å². The van der Waals surface area contributed by atoms with Crippen LogP contribution < -0.4 is 14.8 Å². The Morgan fingerprint density at radius 3 is 2.35 bits per heavy atom. The summed E-state index contributed by atoms with van der Waals surface area (Å²) in [6.07, 6.45) is 1.63. The molecule has 0 unspecified atom stereocenters. The number of rotatable bonds is 6. The summed E-state index contributed by atoms with van der Waals surface area (Å²) in [4.78, 5) is 38.8. The van der Waals surface area contributed by atoms with E-state index in [4.69, 9.17) is 9.47 Å². The van der Waals surface area contributed by atoms with E-state index in [2.05, 4.69) is 5.32 Å². The number of hydrogen-bond acceptors (Lipinski definition) is 6. The van der Waals surface area contributed by atoms with Crippen LogP contribution in [0.25, 0.3) is 6.08 Å². The van der Waals surface area contributed by atoms with Crippen molar-refractivity contribution in [1.29, 1.82) is 0 Å². The third-order valence-corrected chi connectivity index (χ3v) is 5.80. The monoisotopic (exact) mass is 440 g/mol. The van der Waals surface area contributed by atoms with Crippen LogP contribution in [0.4, 0.5) is 10.5 Å². The summed E-state index contributed by atoms with van der Waals surface area (Å²) in [7, 11) is 3.07. The molecule has 1 aliphatic heterocycles. The number of amides is 3. The molecule has 0 radical (unpaired) electrons. The Labute approximate surface area is 185 Å². The zero-order valence-electron chi connectivity index (χ0n) is 18.1. The first-order chi connectivity index (χ1) is 14.7. The van der Waals surface area contributed by atoms with Crippen LogP contribution >= 0.6 is 11.8 Å². The molecule has 1 saturated heterocycles. The van der Waals surface area contributed by atoms with Gasteiger partial charge in [-0.1, -0.05) is 17.7 Å². The zero-order chi connectivity index (χ0) is 22.7. The third-order valence-electron chi connectivity index (χ3n) is 4.89. The highest BCUT2D eigenvalue weighted by atomic mass is 32.2. The fourth-order valence-electron chi connectivity index (χ4n) is 3.22. The molecule has 162 valence electrons. The van der Waals surface area contributed by atoms with Crippen LogP contribution in [0.2, 0.25) is 0 Å². The first kappa shape index (κ1) is 22.4. The van der Waals surface area contributed by atoms with E-state index in [1.54, 1.807) is 31.4 Å². The molecule has 0 spiro atoms. The van der Waals surface area contributed by atoms with Gasteiger partial charge in [0.25, 0.3) is 11.1 Å². The van der Waals surface area contributed by atoms with Crippen molar-refractivity contribution in [2.75, 3.05) is 26.1 Å². The number of methoxy groups -OCH3 is 2. The molecule has 0 atom stereocenters. The van der Waals surface area contributed by atoms with E-state index in [1.807, 2.05) is 32.9 Å². The number of imide groups is 1. The minimum absolute atomic E-state index is 0.250. The molecule has 3 amide bonds. The van der Waals surface area contributed by atoms with Crippen molar-refractivity contribution >= 4 is 40.6 Å². The molecule has 0 bridgehead atoms. The highest BCUT2D eigenvalue weighted by Gasteiger charge is 2.36. The number of nitrogens with one attached hydrogen (secondary N) is 1. The van der Waals surface area contributed by atoms with Gasteiger partial charge in [-0.25, -0.2) is 0 Å². The summed E-state index contributed by atoms with van der Waals surface area (Å²) in [5.74, 6) is 0.164. The van der Waals surface area contributed by atoms with Crippen molar-refractivity contribution in [3.05, 3.63) is 57.5 Å². The first-order valence-electron chi connectivity index (χ1n) is 9.58. The Kier molecular flexibility index (Phi) is 6.70. The van der Waals surface area contributed by atoms with Crippen molar-refractivity contribution in [3.63, 3.8) is 0 Å². The second-order valence-corrected chi connectivity index (χ2v) is 8.19. The van der Waals surface area contributed by atoms with Crippen LogP contribution in [-0.4, -0.2) is 42.7 Å². The number of carbonyl (C=O) groups is 3. The Morgan fingerprint density at radius 2 is 1.71 bits per heavy atom. The molecule has 1 aliphatic rings. The lowest BCUT2D eigenvalue weighted by Gasteiger charge is -2.14. The van der Waals surface area contributed by atoms with Gasteiger partial charge in [-0.15, -0.1) is 0 Å². The molecule has 1 N–H and O–H groups in total. The quantitative estimate of drug-likeness (QED) is 0.674. The lowest BCUT2D eigenvalue weighted by Crippen LogP contribution is -2.36. The van der Waals surface area contributed by atoms with Gasteiger partial charge in [0, 0.05) is 5.69 Å². The lowest BCUT2D eigenvalue weighted by atomic mass is 10.1. The van der Waals surface area contributed by atoms with Gasteiger partial charge in [0.05, 0.1) is 19.1 Å². The average Bonchev–Trinajstić information content (AvgIpc) is 2.98. The summed E-state index contributed by atoms with van der Waals surface area (Å²) >= 11 is 0.809. The Morgan fingerprint density at radius 1 is 1.03 bits per heavy atom. The highest BCUT2D eigenvalue weighted by Crippen LogP contribution is 2.36. The van der Waals surface area contributed by atoms with Gasteiger partial charge in [-0.2, -0.15) is 0 Å². The van der Waals surface area contributed by atoms with Crippen molar-refractivity contribution < 1.29 is 23.9 Å². The zero-order valence-corrected chi connectivity index (χ0v) is 18.9. The van der Waals surface area contributed by atoms with Crippen molar-refractivity contribution in [3.8, 4) is 11.5 Å². The maximum absolute atomic E-state index is 12.8. The van der Waals surface area contributed by atoms with E-state index in [0.717, 1.165) is 38.9 Å². The van der Waals surface area contributed by atoms with Gasteiger partial charge < -0.3 is 14.8 Å². The molecule has 1 fully saturated rings. The smallest absolute Gasteiger partial charge is 0.294 e. The normalized spacial score (nSPS) is 14.9. The molecule has 0 aliphatic carbocycles. The van der Waals surface area contributed by atoms with E-state index < -0.39 is 17.1 Å². The fourth-order valence-corrected chi connectivity index (χ4v) is 4.05. The maximum atomic E-state index is 12.8. The van der Waals surface area contributed by atoms with Crippen LogP contribution in [0.15, 0.2) is 35.2 Å². The molecule has 2 aromatic rings. The topological polar surface area (TPSA) is 84.9 Å². The van der Waals surface area contributed by atoms with Gasteiger partial charge in [0.2, 0.25) is 5.91 Å². The van der Waals surface area contributed by atoms with Crippen LogP contribution in [0, 0.1) is 20.8 Å². The number of benzene rings is 2. The first-order valence-corrected chi connectivity index (χ1v) is 10.4. The summed E-state index contributed by atoms with van der Waals surface area (Å²) in [6, 6.07) is 9.18. The minimum Gasteiger partial charge on any atom is -0.493 e. The SMILES string of the molecule is COc1cc(C)c(/C=C2\SC(=O)N(CC(=O)Nc3ccc(C)cc3C)C2=O)cc1OC. The summed E-state index contributed by atoms with van der Waals surface area (Å²) < 4.78 is 10.6. The number of hydrogen-bond donors (Lipinski definition) is 1. The standard InChI is InChI=1S/C23H24N2O5S/c1-13-6-7-17(15(3)8-13)24-21(26)12-25-22(27)20(31-23(25)28)11-16-10-19(30-5)18(29-4)9-14(16)2/h6-11H,12H2,1-5H3,(H,24,26)/b20-11-. The fraction of sp³-hybridized carbons (Fsp3) is 0.261. The van der Waals surface area contributed by atoms with E-state index >= 15 is 0 Å². The number of aryl methyl sites for hydroxylation is 3. The van der Waals surface area contributed by atoms with Crippen LogP contribution in [-0.2, 0) is 9.59 Å². The highest BCUT2D eigenvalue weighted by molar-refractivity contribution is 8.18. The molecular weight excluding hydrogens is 416 g/mol. The van der Waals surface area contributed by atoms with E-state index in [-0.39, 0.29) is 11.4 Å². The predicted molar refractivity (Wildman–Crippen MR) is 122 cm³/mol. The third kappa shape index (κ3) is 4.91. The maximum Gasteiger partial charge on any atom is 0.294 e. The van der Waals surface area contributed by atoms with E-state index in [1.165, 1.54) is 7.11 Å². The predicted octanol–water partition coefficient (Wildman–Crippen LogP) is 4.30. The molecule has 2 aromatic carbocycles. The van der Waals surface area contributed by atoms with Gasteiger partial charge >= 0.3 is 0 Å². The second-order valence-electron chi connectivity index (χ2n) is 7.20. The molecule has 31 heavy (non-hydrogen) atoms. The Balaban J connectivity index is 1.77. The lowest BCUT2D eigenvalue weighted by molar-refractivity contribution is -0.127. The van der Waals surface area contributed by atoms with E-state index in [9.17, 15) is 14.4 Å². The Bertz CT molecular complexity index is 1090. The van der Waals surface area contributed by atoms with Crippen molar-refractivity contribution in [2.24, 2.45) is 0 Å². The van der Waals surface area contributed by atoms with Gasteiger partial charge in [0.1, 0.15) is 6.54 Å². The molecule has 3 rings (SSSR count). The summed E-state index contributed by atoms with van der Waals surface area (Å²) in [5, 5.41) is 2.28. The Hall–Kier alpha value is -3.26. The largest absolute Gasteiger partial charge is 0.493 e. The van der Waals surface area contributed by atoms with Crippen LogP contribution in [0.5, 0.6) is 11.5 Å². The van der Waals surface area contributed by atoms with Crippen LogP contribution in [0.1, 0.15) is 22.3 Å². The molecule has 7 nitrogen and oxygen atoms in total. The van der Waals surface area contributed by atoms with Gasteiger partial charge in [-0.3, -0.25) is 19.3 Å². The van der Waals surface area contributed by atoms with Gasteiger partial charge in [-0.05, 0) is 73.5 Å². The number of ether oxygens (including phenoxy) is 2. The minimum atomic E-state index is -0.500. The molecule has 8 heteroatoms. The van der Waals surface area contributed by atoms with Crippen molar-refractivity contribution in [2.45, 2.75) is 20.8 Å². The summed E-state index contributed by atoms with van der Waals surface area (Å²) in [5.41, 5.74) is 4.22. The number of anilines is 1. The molecule has 0 aromatic heterocycles. The number of carbonyl (C=O) groups excluding carboxylic acids is 3. The van der Waals surface area contributed by atoms with Crippen LogP contribution in [0.3, 0.4) is 0 Å². The average molecular weight is 441 g/mol.